The Hall–Kier alpha value is -3.01. The van der Waals surface area contributed by atoms with Crippen LogP contribution in [-0.4, -0.2) is 88.8 Å². The highest BCUT2D eigenvalue weighted by molar-refractivity contribution is 6.08. The standard InChI is InChI=1S/C21H30N4O6/c1-6-31-20(27)15-16(13-7-8-14(28-3)18(30-5)17(13)29-4)22-21(23-19(15)26)25-11-9-24(2)10-12-25/h7-8,15-16H,6,9-12H2,1-5H3,(H,22,23,26)/t15-,16+/m1/s1. The number of benzene rings is 1. The van der Waals surface area contributed by atoms with Gasteiger partial charge in [0.15, 0.2) is 17.4 Å². The molecular formula is C21H30N4O6. The quantitative estimate of drug-likeness (QED) is 0.515. The molecule has 0 radical (unpaired) electrons. The monoisotopic (exact) mass is 434 g/mol. The van der Waals surface area contributed by atoms with Crippen LogP contribution in [0.2, 0.25) is 0 Å². The Balaban J connectivity index is 2.10. The first-order chi connectivity index (χ1) is 14.9. The first-order valence-electron chi connectivity index (χ1n) is 10.2. The molecule has 0 saturated carbocycles. The Kier molecular flexibility index (Phi) is 7.21. The number of hydrogen-bond donors (Lipinski definition) is 1. The second kappa shape index (κ2) is 9.86. The second-order valence-electron chi connectivity index (χ2n) is 7.33. The Morgan fingerprint density at radius 3 is 2.35 bits per heavy atom. The fraction of sp³-hybridized carbons (Fsp3) is 0.571. The number of rotatable bonds is 6. The van der Waals surface area contributed by atoms with E-state index in [1.165, 1.54) is 21.3 Å². The Morgan fingerprint density at radius 1 is 1.10 bits per heavy atom. The zero-order valence-electron chi connectivity index (χ0n) is 18.6. The molecule has 1 amide bonds. The van der Waals surface area contributed by atoms with Crippen LogP contribution in [0.25, 0.3) is 0 Å². The van der Waals surface area contributed by atoms with Crippen molar-refractivity contribution < 1.29 is 28.5 Å². The maximum Gasteiger partial charge on any atom is 0.321 e. The molecule has 3 rings (SSSR count). The minimum absolute atomic E-state index is 0.160. The Labute approximate surface area is 182 Å². The van der Waals surface area contributed by atoms with Crippen molar-refractivity contribution in [3.8, 4) is 17.2 Å². The van der Waals surface area contributed by atoms with Gasteiger partial charge in [-0.15, -0.1) is 0 Å². The third-order valence-corrected chi connectivity index (χ3v) is 5.49. The fourth-order valence-electron chi connectivity index (χ4n) is 3.82. The summed E-state index contributed by atoms with van der Waals surface area (Å²) in [5.74, 6) is -0.597. The van der Waals surface area contributed by atoms with Gasteiger partial charge in [-0.1, -0.05) is 0 Å². The van der Waals surface area contributed by atoms with E-state index in [1.807, 2.05) is 11.9 Å². The average molecular weight is 434 g/mol. The van der Waals surface area contributed by atoms with Gasteiger partial charge in [0, 0.05) is 31.7 Å². The zero-order chi connectivity index (χ0) is 22.5. The average Bonchev–Trinajstić information content (AvgIpc) is 2.77. The van der Waals surface area contributed by atoms with Gasteiger partial charge in [0.05, 0.1) is 27.9 Å². The van der Waals surface area contributed by atoms with E-state index in [-0.39, 0.29) is 6.61 Å². The molecule has 1 N–H and O–H groups in total. The SMILES string of the molecule is CCOC(=O)[C@H]1C(=O)NC(N2CCN(C)CC2)=N[C@H]1c1ccc(OC)c(OC)c1OC. The van der Waals surface area contributed by atoms with E-state index in [2.05, 4.69) is 10.2 Å². The van der Waals surface area contributed by atoms with Crippen molar-refractivity contribution >= 4 is 17.8 Å². The van der Waals surface area contributed by atoms with E-state index in [9.17, 15) is 9.59 Å². The van der Waals surface area contributed by atoms with Crippen molar-refractivity contribution in [2.75, 3.05) is 61.2 Å². The number of ether oxygens (including phenoxy) is 4. The van der Waals surface area contributed by atoms with Crippen molar-refractivity contribution in [1.29, 1.82) is 0 Å². The molecule has 170 valence electrons. The molecule has 0 spiro atoms. The van der Waals surface area contributed by atoms with Crippen LogP contribution in [0.3, 0.4) is 0 Å². The van der Waals surface area contributed by atoms with Crippen LogP contribution in [0.4, 0.5) is 0 Å². The molecule has 1 fully saturated rings. The maximum atomic E-state index is 13.1. The summed E-state index contributed by atoms with van der Waals surface area (Å²) in [6, 6.07) is 2.61. The molecule has 0 bridgehead atoms. The summed E-state index contributed by atoms with van der Waals surface area (Å²) in [6.07, 6.45) is 0. The molecule has 2 aliphatic heterocycles. The maximum absolute atomic E-state index is 13.1. The fourth-order valence-corrected chi connectivity index (χ4v) is 3.82. The molecule has 0 aliphatic carbocycles. The smallest absolute Gasteiger partial charge is 0.321 e. The summed E-state index contributed by atoms with van der Waals surface area (Å²) in [4.78, 5) is 34.8. The van der Waals surface area contributed by atoms with Crippen LogP contribution in [0.1, 0.15) is 18.5 Å². The normalized spacial score (nSPS) is 21.8. The number of guanidine groups is 1. The van der Waals surface area contributed by atoms with Crippen LogP contribution < -0.4 is 19.5 Å². The topological polar surface area (TPSA) is 102 Å². The van der Waals surface area contributed by atoms with Crippen LogP contribution in [0.15, 0.2) is 17.1 Å². The summed E-state index contributed by atoms with van der Waals surface area (Å²) >= 11 is 0. The number of amides is 1. The predicted molar refractivity (Wildman–Crippen MR) is 114 cm³/mol. The second-order valence-corrected chi connectivity index (χ2v) is 7.33. The summed E-state index contributed by atoms with van der Waals surface area (Å²) in [7, 11) is 6.57. The first kappa shape index (κ1) is 22.7. The molecule has 10 heteroatoms. The number of piperazine rings is 1. The number of carbonyl (C=O) groups excluding carboxylic acids is 2. The van der Waals surface area contributed by atoms with Crippen molar-refractivity contribution in [3.63, 3.8) is 0 Å². The number of likely N-dealkylation sites (N-methyl/N-ethyl adjacent to an activating group) is 1. The number of hydrogen-bond acceptors (Lipinski definition) is 9. The molecule has 1 saturated heterocycles. The van der Waals surface area contributed by atoms with Crippen molar-refractivity contribution in [2.45, 2.75) is 13.0 Å². The number of esters is 1. The van der Waals surface area contributed by atoms with Gasteiger partial charge in [-0.2, -0.15) is 0 Å². The van der Waals surface area contributed by atoms with Gasteiger partial charge in [-0.05, 0) is 26.1 Å². The highest BCUT2D eigenvalue weighted by atomic mass is 16.5. The van der Waals surface area contributed by atoms with E-state index in [0.29, 0.717) is 28.8 Å². The summed E-state index contributed by atoms with van der Waals surface area (Å²) in [6.45, 7) is 4.99. The van der Waals surface area contributed by atoms with E-state index >= 15 is 0 Å². The molecule has 31 heavy (non-hydrogen) atoms. The molecule has 0 aromatic heterocycles. The van der Waals surface area contributed by atoms with Gasteiger partial charge in [0.25, 0.3) is 0 Å². The number of aliphatic imine (C=N–C) groups is 1. The van der Waals surface area contributed by atoms with Crippen molar-refractivity contribution in [2.24, 2.45) is 10.9 Å². The van der Waals surface area contributed by atoms with Gasteiger partial charge >= 0.3 is 5.97 Å². The Morgan fingerprint density at radius 2 is 1.77 bits per heavy atom. The number of methoxy groups -OCH3 is 3. The lowest BCUT2D eigenvalue weighted by Crippen LogP contribution is -2.56. The molecule has 2 aliphatic rings. The summed E-state index contributed by atoms with van der Waals surface area (Å²) in [5.41, 5.74) is 0.541. The lowest BCUT2D eigenvalue weighted by atomic mass is 9.90. The molecular weight excluding hydrogens is 404 g/mol. The third-order valence-electron chi connectivity index (χ3n) is 5.49. The van der Waals surface area contributed by atoms with E-state index in [4.69, 9.17) is 23.9 Å². The van der Waals surface area contributed by atoms with Gasteiger partial charge < -0.3 is 28.7 Å². The molecule has 0 unspecified atom stereocenters. The molecule has 1 aromatic carbocycles. The number of carbonyl (C=O) groups is 2. The number of nitrogens with zero attached hydrogens (tertiary/aromatic N) is 3. The van der Waals surface area contributed by atoms with Crippen molar-refractivity contribution in [1.82, 2.24) is 15.1 Å². The van der Waals surface area contributed by atoms with E-state index < -0.39 is 23.8 Å². The van der Waals surface area contributed by atoms with Gasteiger partial charge in [0.2, 0.25) is 17.6 Å². The van der Waals surface area contributed by atoms with Crippen LogP contribution >= 0.6 is 0 Å². The van der Waals surface area contributed by atoms with Crippen LogP contribution in [0.5, 0.6) is 17.2 Å². The minimum Gasteiger partial charge on any atom is -0.493 e. The lowest BCUT2D eigenvalue weighted by Gasteiger charge is -2.38. The number of nitrogens with one attached hydrogen (secondary N) is 1. The van der Waals surface area contributed by atoms with Gasteiger partial charge in [-0.3, -0.25) is 14.9 Å². The van der Waals surface area contributed by atoms with E-state index in [0.717, 1.165) is 26.2 Å². The molecule has 2 atom stereocenters. The molecule has 1 aromatic rings. The van der Waals surface area contributed by atoms with Crippen LogP contribution in [-0.2, 0) is 14.3 Å². The highest BCUT2D eigenvalue weighted by Gasteiger charge is 2.44. The first-order valence-corrected chi connectivity index (χ1v) is 10.2. The largest absolute Gasteiger partial charge is 0.493 e. The highest BCUT2D eigenvalue weighted by Crippen LogP contribution is 2.45. The van der Waals surface area contributed by atoms with E-state index in [1.54, 1.807) is 19.1 Å². The Bertz CT molecular complexity index is 851. The predicted octanol–water partition coefficient (Wildman–Crippen LogP) is 0.666. The lowest BCUT2D eigenvalue weighted by molar-refractivity contribution is -0.153. The summed E-state index contributed by atoms with van der Waals surface area (Å²) in [5, 5.41) is 2.80. The molecule has 2 heterocycles. The van der Waals surface area contributed by atoms with Crippen molar-refractivity contribution in [3.05, 3.63) is 17.7 Å². The zero-order valence-corrected chi connectivity index (χ0v) is 18.6. The third kappa shape index (κ3) is 4.53. The minimum atomic E-state index is -1.15. The van der Waals surface area contributed by atoms with Gasteiger partial charge in [-0.25, -0.2) is 4.99 Å². The summed E-state index contributed by atoms with van der Waals surface area (Å²) < 4.78 is 21.6. The van der Waals surface area contributed by atoms with Gasteiger partial charge in [0.1, 0.15) is 6.04 Å². The van der Waals surface area contributed by atoms with Crippen LogP contribution in [0, 0.1) is 5.92 Å². The molecule has 10 nitrogen and oxygen atoms in total.